The van der Waals surface area contributed by atoms with E-state index in [1.165, 1.54) is 20.8 Å². The molecule has 0 radical (unpaired) electrons. The second-order valence-corrected chi connectivity index (χ2v) is 6.49. The summed E-state index contributed by atoms with van der Waals surface area (Å²) in [5.74, 6) is -0.889. The maximum absolute atomic E-state index is 12.8. The Morgan fingerprint density at radius 3 is 2.29 bits per heavy atom. The van der Waals surface area contributed by atoms with Gasteiger partial charge in [-0.1, -0.05) is 17.2 Å². The van der Waals surface area contributed by atoms with Gasteiger partial charge in [-0.3, -0.25) is 30.2 Å². The molecule has 0 bridgehead atoms. The molecule has 0 aliphatic carbocycles. The fourth-order valence-electron chi connectivity index (χ4n) is 2.96. The first kappa shape index (κ1) is 21.8. The Balaban J connectivity index is 1.94. The largest absolute Gasteiger partial charge is 0.414 e. The van der Waals surface area contributed by atoms with E-state index in [0.717, 1.165) is 6.39 Å². The minimum Gasteiger partial charge on any atom is -0.414 e. The third-order valence-corrected chi connectivity index (χ3v) is 4.86. The van der Waals surface area contributed by atoms with Crippen LogP contribution in [0.4, 0.5) is 11.7 Å². The summed E-state index contributed by atoms with van der Waals surface area (Å²) in [6.07, 6.45) is 3.20. The number of anilines is 2. The van der Waals surface area contributed by atoms with Gasteiger partial charge in [-0.25, -0.2) is 4.90 Å². The van der Waals surface area contributed by atoms with E-state index in [4.69, 9.17) is 32.2 Å². The third-order valence-electron chi connectivity index (χ3n) is 4.42. The van der Waals surface area contributed by atoms with Crippen molar-refractivity contribution in [1.29, 1.82) is 10.8 Å². The second kappa shape index (κ2) is 9.26. The molecule has 0 saturated carbocycles. The first-order valence-corrected chi connectivity index (χ1v) is 9.63. The normalized spacial score (nSPS) is 14.0. The monoisotopic (exact) mass is 441 g/mol. The van der Waals surface area contributed by atoms with E-state index in [0.29, 0.717) is 30.7 Å². The molecule has 2 N–H and O–H groups in total. The van der Waals surface area contributed by atoms with Crippen molar-refractivity contribution >= 4 is 59.3 Å². The first-order chi connectivity index (χ1) is 14.9. The summed E-state index contributed by atoms with van der Waals surface area (Å²) < 4.78 is 9.96. The number of carbonyl (C=O) groups excluding carboxylic acids is 2. The highest BCUT2D eigenvalue weighted by atomic mass is 32.1. The molecular formula is C19H19N7O4S. The van der Waals surface area contributed by atoms with Crippen LogP contribution in [0.15, 0.2) is 40.6 Å². The maximum Gasteiger partial charge on any atom is 0.331 e. The molecule has 3 rings (SSSR count). The highest BCUT2D eigenvalue weighted by Crippen LogP contribution is 2.26. The minimum atomic E-state index is -0.445. The molecule has 12 heteroatoms. The maximum atomic E-state index is 12.8. The zero-order chi connectivity index (χ0) is 22.5. The van der Waals surface area contributed by atoms with Gasteiger partial charge in [0, 0.05) is 13.1 Å². The predicted octanol–water partition coefficient (Wildman–Crippen LogP) is 2.15. The van der Waals surface area contributed by atoms with Gasteiger partial charge < -0.3 is 9.15 Å². The number of hydrogen-bond acceptors (Lipinski definition) is 9. The Kier molecular flexibility index (Phi) is 6.50. The summed E-state index contributed by atoms with van der Waals surface area (Å²) in [5, 5.41) is 22.6. The van der Waals surface area contributed by atoms with Gasteiger partial charge in [0.2, 0.25) is 6.39 Å². The van der Waals surface area contributed by atoms with E-state index in [9.17, 15) is 9.59 Å². The van der Waals surface area contributed by atoms with Crippen molar-refractivity contribution in [1.82, 2.24) is 20.0 Å². The predicted molar refractivity (Wildman–Crippen MR) is 116 cm³/mol. The fraction of sp³-hybridized carbons (Fsp3) is 0.211. The van der Waals surface area contributed by atoms with Crippen molar-refractivity contribution < 1.29 is 18.7 Å². The third kappa shape index (κ3) is 4.19. The zero-order valence-corrected chi connectivity index (χ0v) is 17.5. The Bertz CT molecular complexity index is 1020. The summed E-state index contributed by atoms with van der Waals surface area (Å²) in [4.78, 5) is 29.5. The number of benzene rings is 1. The molecule has 11 nitrogen and oxygen atoms in total. The Morgan fingerprint density at radius 2 is 1.81 bits per heavy atom. The van der Waals surface area contributed by atoms with Crippen LogP contribution in [0.3, 0.4) is 0 Å². The number of nitrogens with zero attached hydrogens (tertiary/aromatic N) is 5. The number of likely N-dealkylation sites (N-methyl/N-ethyl adjacent to an activating group) is 2. The van der Waals surface area contributed by atoms with Crippen LogP contribution in [0.1, 0.15) is 19.4 Å². The molecule has 1 aliphatic rings. The smallest absolute Gasteiger partial charge is 0.331 e. The van der Waals surface area contributed by atoms with E-state index < -0.39 is 17.8 Å². The van der Waals surface area contributed by atoms with Crippen LogP contribution in [0.25, 0.3) is 6.08 Å². The minimum absolute atomic E-state index is 0.0127. The van der Waals surface area contributed by atoms with Gasteiger partial charge in [0.05, 0.1) is 5.69 Å². The molecule has 160 valence electrons. The molecule has 2 amide bonds. The van der Waals surface area contributed by atoms with Crippen LogP contribution in [0.5, 0.6) is 0 Å². The Labute approximate surface area is 182 Å². The van der Waals surface area contributed by atoms with Crippen molar-refractivity contribution in [2.24, 2.45) is 0 Å². The molecule has 31 heavy (non-hydrogen) atoms. The summed E-state index contributed by atoms with van der Waals surface area (Å²) in [7, 11) is 0. The van der Waals surface area contributed by atoms with Gasteiger partial charge in [-0.2, -0.15) is 0 Å². The van der Waals surface area contributed by atoms with Crippen LogP contribution in [0.2, 0.25) is 0 Å². The van der Waals surface area contributed by atoms with Crippen molar-refractivity contribution in [3.63, 3.8) is 0 Å². The quantitative estimate of drug-likeness (QED) is 0.228. The lowest BCUT2D eigenvalue weighted by Gasteiger charge is -2.35. The second-order valence-electron chi connectivity index (χ2n) is 6.13. The summed E-state index contributed by atoms with van der Waals surface area (Å²) in [5.41, 5.74) is 1.04. The number of thiocarbonyl (C=S) groups is 1. The van der Waals surface area contributed by atoms with Gasteiger partial charge >= 0.3 is 12.0 Å². The van der Waals surface area contributed by atoms with Gasteiger partial charge in [-0.05, 0) is 49.8 Å². The zero-order valence-electron chi connectivity index (χ0n) is 16.7. The van der Waals surface area contributed by atoms with Crippen LogP contribution in [-0.4, -0.2) is 62.4 Å². The number of aromatic nitrogens is 2. The van der Waals surface area contributed by atoms with Crippen molar-refractivity contribution in [3.8, 4) is 0 Å². The molecule has 1 aromatic heterocycles. The highest BCUT2D eigenvalue weighted by molar-refractivity contribution is 7.80. The molecule has 1 saturated heterocycles. The van der Waals surface area contributed by atoms with Crippen LogP contribution in [0, 0.1) is 10.8 Å². The number of carbonyl (C=O) groups is 2. The van der Waals surface area contributed by atoms with Crippen LogP contribution >= 0.6 is 12.2 Å². The van der Waals surface area contributed by atoms with E-state index in [-0.39, 0.29) is 16.7 Å². The average Bonchev–Trinajstić information content (AvgIpc) is 3.27. The standard InChI is InChI=1S/C19H19N7O4S/c1-3-24-15(27)14(16(28)25(4-2)19(24)31)9-12-5-7-13(8-6-12)26(17(21)29-10-20)18-23-22-11-30-18/h5-11,20-21H,3-4H2,1-2H3. The highest BCUT2D eigenvalue weighted by Gasteiger charge is 2.37. The van der Waals surface area contributed by atoms with Gasteiger partial charge in [-0.15, -0.1) is 5.10 Å². The lowest BCUT2D eigenvalue weighted by molar-refractivity contribution is -0.133. The van der Waals surface area contributed by atoms with Gasteiger partial charge in [0.1, 0.15) is 5.57 Å². The molecule has 0 atom stereocenters. The number of rotatable bonds is 6. The average molecular weight is 441 g/mol. The van der Waals surface area contributed by atoms with Crippen LogP contribution in [-0.2, 0) is 14.3 Å². The number of amides is 2. The van der Waals surface area contributed by atoms with Crippen LogP contribution < -0.4 is 4.90 Å². The molecule has 2 aromatic rings. The topological polar surface area (TPSA) is 140 Å². The number of amidine groups is 1. The van der Waals surface area contributed by atoms with E-state index in [2.05, 4.69) is 10.2 Å². The van der Waals surface area contributed by atoms with Gasteiger partial charge in [0.15, 0.2) is 11.5 Å². The molecule has 0 unspecified atom stereocenters. The van der Waals surface area contributed by atoms with Gasteiger partial charge in [0.25, 0.3) is 11.8 Å². The SMILES string of the molecule is CCN1C(=O)C(=Cc2ccc(N(C(=N)OC=N)c3nnco3)cc2)C(=O)N(CC)C1=S. The number of ether oxygens (including phenoxy) is 1. The Hall–Kier alpha value is -3.93. The van der Waals surface area contributed by atoms with E-state index in [1.54, 1.807) is 38.1 Å². The van der Waals surface area contributed by atoms with Crippen molar-refractivity contribution in [2.45, 2.75) is 13.8 Å². The summed E-state index contributed by atoms with van der Waals surface area (Å²) in [6.45, 7) is 4.29. The lowest BCUT2D eigenvalue weighted by Crippen LogP contribution is -2.55. The molecule has 1 fully saturated rings. The van der Waals surface area contributed by atoms with E-state index >= 15 is 0 Å². The molecule has 0 spiro atoms. The van der Waals surface area contributed by atoms with Crippen molar-refractivity contribution in [3.05, 3.63) is 41.8 Å². The molecule has 2 heterocycles. The number of nitrogens with one attached hydrogen (secondary N) is 2. The number of hydrogen-bond donors (Lipinski definition) is 2. The Morgan fingerprint density at radius 1 is 1.19 bits per heavy atom. The summed E-state index contributed by atoms with van der Waals surface area (Å²) >= 11 is 5.26. The lowest BCUT2D eigenvalue weighted by atomic mass is 10.1. The molecule has 1 aliphatic heterocycles. The first-order valence-electron chi connectivity index (χ1n) is 9.22. The van der Waals surface area contributed by atoms with E-state index in [1.807, 2.05) is 0 Å². The summed E-state index contributed by atoms with van der Waals surface area (Å²) in [6, 6.07) is 6.11. The van der Waals surface area contributed by atoms with Crippen molar-refractivity contribution in [2.75, 3.05) is 18.0 Å². The molecular weight excluding hydrogens is 422 g/mol. The fourth-order valence-corrected chi connectivity index (χ4v) is 3.38. The molecule has 1 aromatic carbocycles.